The van der Waals surface area contributed by atoms with Crippen LogP contribution in [-0.2, 0) is 0 Å². The Morgan fingerprint density at radius 3 is 2.36 bits per heavy atom. The summed E-state index contributed by atoms with van der Waals surface area (Å²) in [7, 11) is 2.87. The van der Waals surface area contributed by atoms with Gasteiger partial charge in [0, 0.05) is 17.2 Å². The van der Waals surface area contributed by atoms with Crippen LogP contribution in [0.4, 0.5) is 10.1 Å². The lowest BCUT2D eigenvalue weighted by atomic mass is 10.2. The first-order chi connectivity index (χ1) is 10.5. The number of benzene rings is 2. The van der Waals surface area contributed by atoms with Gasteiger partial charge in [0.25, 0.3) is 5.91 Å². The van der Waals surface area contributed by atoms with Crippen LogP contribution in [0.2, 0.25) is 10.0 Å². The van der Waals surface area contributed by atoms with Crippen LogP contribution in [0.5, 0.6) is 11.5 Å². The second-order valence-corrected chi connectivity index (χ2v) is 5.11. The van der Waals surface area contributed by atoms with Crippen molar-refractivity contribution in [3.63, 3.8) is 0 Å². The van der Waals surface area contributed by atoms with E-state index in [0.717, 1.165) is 6.07 Å². The van der Waals surface area contributed by atoms with Gasteiger partial charge in [-0.2, -0.15) is 0 Å². The molecule has 2 rings (SSSR count). The van der Waals surface area contributed by atoms with Gasteiger partial charge < -0.3 is 14.8 Å². The highest BCUT2D eigenvalue weighted by molar-refractivity contribution is 6.32. The highest BCUT2D eigenvalue weighted by Gasteiger charge is 2.16. The number of hydrogen-bond acceptors (Lipinski definition) is 3. The molecule has 0 heterocycles. The molecule has 1 N–H and O–H groups in total. The number of methoxy groups -OCH3 is 2. The molecule has 0 aliphatic rings. The van der Waals surface area contributed by atoms with E-state index in [4.69, 9.17) is 32.7 Å². The summed E-state index contributed by atoms with van der Waals surface area (Å²) >= 11 is 11.6. The maximum Gasteiger partial charge on any atom is 0.258 e. The van der Waals surface area contributed by atoms with Crippen molar-refractivity contribution in [1.29, 1.82) is 0 Å². The Bertz CT molecular complexity index is 722. The predicted octanol–water partition coefficient (Wildman–Crippen LogP) is 4.40. The molecule has 0 fully saturated rings. The van der Waals surface area contributed by atoms with Crippen molar-refractivity contribution in [3.05, 3.63) is 51.8 Å². The number of amides is 1. The second kappa shape index (κ2) is 6.85. The number of ether oxygens (including phenoxy) is 2. The zero-order chi connectivity index (χ0) is 16.3. The lowest BCUT2D eigenvalue weighted by Crippen LogP contribution is -2.14. The minimum atomic E-state index is -0.718. The molecule has 0 saturated carbocycles. The monoisotopic (exact) mass is 343 g/mol. The van der Waals surface area contributed by atoms with E-state index in [1.165, 1.54) is 38.5 Å². The number of hydrogen-bond donors (Lipinski definition) is 1. The van der Waals surface area contributed by atoms with Crippen LogP contribution in [0.15, 0.2) is 30.3 Å². The SMILES string of the molecule is COc1cc(NC(=O)c2ccc(Cl)cc2F)c(OC)cc1Cl. The van der Waals surface area contributed by atoms with Gasteiger partial charge in [-0.15, -0.1) is 0 Å². The molecule has 0 aliphatic heterocycles. The van der Waals surface area contributed by atoms with E-state index >= 15 is 0 Å². The Balaban J connectivity index is 2.35. The summed E-state index contributed by atoms with van der Waals surface area (Å²) in [6, 6.07) is 6.78. The van der Waals surface area contributed by atoms with Crippen LogP contribution in [0, 0.1) is 5.82 Å². The normalized spacial score (nSPS) is 10.2. The minimum Gasteiger partial charge on any atom is -0.495 e. The van der Waals surface area contributed by atoms with Crippen LogP contribution in [0.25, 0.3) is 0 Å². The molecule has 22 heavy (non-hydrogen) atoms. The molecule has 2 aromatic carbocycles. The first kappa shape index (κ1) is 16.4. The summed E-state index contributed by atoms with van der Waals surface area (Å²) in [5, 5.41) is 3.09. The fourth-order valence-electron chi connectivity index (χ4n) is 1.82. The van der Waals surface area contributed by atoms with Crippen molar-refractivity contribution >= 4 is 34.8 Å². The van der Waals surface area contributed by atoms with Gasteiger partial charge in [0.1, 0.15) is 17.3 Å². The Labute approximate surface area is 136 Å². The van der Waals surface area contributed by atoms with Crippen LogP contribution < -0.4 is 14.8 Å². The molecule has 0 aliphatic carbocycles. The fourth-order valence-corrected chi connectivity index (χ4v) is 2.21. The molecule has 1 amide bonds. The maximum atomic E-state index is 13.8. The number of nitrogens with one attached hydrogen (secondary N) is 1. The van der Waals surface area contributed by atoms with E-state index in [-0.39, 0.29) is 10.6 Å². The van der Waals surface area contributed by atoms with Gasteiger partial charge in [-0.25, -0.2) is 4.39 Å². The molecule has 4 nitrogen and oxygen atoms in total. The third-order valence-electron chi connectivity index (χ3n) is 2.90. The Morgan fingerprint density at radius 2 is 1.77 bits per heavy atom. The van der Waals surface area contributed by atoms with Crippen molar-refractivity contribution in [3.8, 4) is 11.5 Å². The van der Waals surface area contributed by atoms with E-state index in [1.807, 2.05) is 0 Å². The standard InChI is InChI=1S/C15H12Cl2FNO3/c1-21-13-7-12(14(22-2)6-10(13)17)19-15(20)9-4-3-8(16)5-11(9)18/h3-7H,1-2H3,(H,19,20). The third kappa shape index (κ3) is 3.43. The topological polar surface area (TPSA) is 47.6 Å². The zero-order valence-electron chi connectivity index (χ0n) is 11.7. The lowest BCUT2D eigenvalue weighted by molar-refractivity contribution is 0.102. The zero-order valence-corrected chi connectivity index (χ0v) is 13.3. The van der Waals surface area contributed by atoms with E-state index in [9.17, 15) is 9.18 Å². The van der Waals surface area contributed by atoms with Gasteiger partial charge in [-0.1, -0.05) is 23.2 Å². The highest BCUT2D eigenvalue weighted by atomic mass is 35.5. The Kier molecular flexibility index (Phi) is 5.11. The van der Waals surface area contributed by atoms with Crippen LogP contribution in [-0.4, -0.2) is 20.1 Å². The summed E-state index contributed by atoms with van der Waals surface area (Å²) in [6.07, 6.45) is 0. The molecular formula is C15H12Cl2FNO3. The molecule has 0 radical (unpaired) electrons. The number of anilines is 1. The van der Waals surface area contributed by atoms with E-state index in [0.29, 0.717) is 22.2 Å². The van der Waals surface area contributed by atoms with Gasteiger partial charge in [-0.3, -0.25) is 4.79 Å². The first-order valence-electron chi connectivity index (χ1n) is 6.14. The van der Waals surface area contributed by atoms with Crippen molar-refractivity contribution in [1.82, 2.24) is 0 Å². The van der Waals surface area contributed by atoms with E-state index < -0.39 is 11.7 Å². The molecule has 116 valence electrons. The van der Waals surface area contributed by atoms with Crippen molar-refractivity contribution in [2.24, 2.45) is 0 Å². The average molecular weight is 344 g/mol. The fraction of sp³-hybridized carbons (Fsp3) is 0.133. The maximum absolute atomic E-state index is 13.8. The Hall–Kier alpha value is -1.98. The number of carbonyl (C=O) groups is 1. The third-order valence-corrected chi connectivity index (χ3v) is 3.43. The van der Waals surface area contributed by atoms with Crippen molar-refractivity contribution in [2.45, 2.75) is 0 Å². The summed E-state index contributed by atoms with van der Waals surface area (Å²) in [5.74, 6) is -0.676. The number of rotatable bonds is 4. The van der Waals surface area contributed by atoms with Gasteiger partial charge in [0.2, 0.25) is 0 Å². The number of carbonyl (C=O) groups excluding carboxylic acids is 1. The summed E-state index contributed by atoms with van der Waals surface area (Å²) < 4.78 is 24.0. The smallest absolute Gasteiger partial charge is 0.258 e. The highest BCUT2D eigenvalue weighted by Crippen LogP contribution is 2.36. The van der Waals surface area contributed by atoms with Gasteiger partial charge in [0.15, 0.2) is 0 Å². The van der Waals surface area contributed by atoms with Crippen molar-refractivity contribution < 1.29 is 18.7 Å². The van der Waals surface area contributed by atoms with Crippen LogP contribution in [0.1, 0.15) is 10.4 Å². The summed E-state index contributed by atoms with van der Waals surface area (Å²) in [4.78, 5) is 12.2. The van der Waals surface area contributed by atoms with Crippen LogP contribution in [0.3, 0.4) is 0 Å². The van der Waals surface area contributed by atoms with Gasteiger partial charge in [0.05, 0.1) is 30.5 Å². The molecule has 0 saturated heterocycles. The van der Waals surface area contributed by atoms with Gasteiger partial charge >= 0.3 is 0 Å². The Morgan fingerprint density at radius 1 is 1.09 bits per heavy atom. The summed E-state index contributed by atoms with van der Waals surface area (Å²) in [5.41, 5.74) is 0.170. The predicted molar refractivity (Wildman–Crippen MR) is 83.9 cm³/mol. The van der Waals surface area contributed by atoms with E-state index in [2.05, 4.69) is 5.32 Å². The molecule has 0 spiro atoms. The minimum absolute atomic E-state index is 0.139. The molecule has 0 aromatic heterocycles. The molecular weight excluding hydrogens is 332 g/mol. The quantitative estimate of drug-likeness (QED) is 0.894. The van der Waals surface area contributed by atoms with Gasteiger partial charge in [-0.05, 0) is 18.2 Å². The molecule has 0 bridgehead atoms. The average Bonchev–Trinajstić information content (AvgIpc) is 2.48. The number of halogens is 3. The molecule has 2 aromatic rings. The van der Waals surface area contributed by atoms with Crippen LogP contribution >= 0.6 is 23.2 Å². The molecule has 0 unspecified atom stereocenters. The largest absolute Gasteiger partial charge is 0.495 e. The molecule has 7 heteroatoms. The molecule has 0 atom stereocenters. The lowest BCUT2D eigenvalue weighted by Gasteiger charge is -2.13. The first-order valence-corrected chi connectivity index (χ1v) is 6.89. The summed E-state index contributed by atoms with van der Waals surface area (Å²) in [6.45, 7) is 0. The second-order valence-electron chi connectivity index (χ2n) is 4.27. The van der Waals surface area contributed by atoms with Crippen molar-refractivity contribution in [2.75, 3.05) is 19.5 Å². The van der Waals surface area contributed by atoms with E-state index in [1.54, 1.807) is 0 Å².